The summed E-state index contributed by atoms with van der Waals surface area (Å²) < 4.78 is 47.8. The quantitative estimate of drug-likeness (QED) is 0.871. The fraction of sp³-hybridized carbons (Fsp3) is 0.562. The second-order valence-corrected chi connectivity index (χ2v) is 6.01. The van der Waals surface area contributed by atoms with Crippen molar-refractivity contribution >= 4 is 5.91 Å². The van der Waals surface area contributed by atoms with E-state index in [0.29, 0.717) is 12.8 Å². The number of carbonyl (C=O) groups is 1. The smallest absolute Gasteiger partial charge is 0.387 e. The zero-order valence-electron chi connectivity index (χ0n) is 12.4. The van der Waals surface area contributed by atoms with E-state index in [9.17, 15) is 18.0 Å². The number of nitrogens with one attached hydrogen (secondary N) is 1. The molecule has 0 radical (unpaired) electrons. The summed E-state index contributed by atoms with van der Waals surface area (Å²) in [7, 11) is 0. The van der Waals surface area contributed by atoms with Crippen molar-refractivity contribution in [2.45, 2.75) is 50.9 Å². The number of hydrogen-bond donors (Lipinski definition) is 1. The van der Waals surface area contributed by atoms with E-state index < -0.39 is 12.4 Å². The lowest BCUT2D eigenvalue weighted by atomic mass is 9.80. The second kappa shape index (κ2) is 6.68. The highest BCUT2D eigenvalue weighted by Crippen LogP contribution is 2.36. The number of hydrogen-bond acceptors (Lipinski definition) is 3. The van der Waals surface area contributed by atoms with Crippen LogP contribution in [0.15, 0.2) is 18.2 Å². The van der Waals surface area contributed by atoms with E-state index in [1.807, 2.05) is 0 Å². The van der Waals surface area contributed by atoms with E-state index in [0.717, 1.165) is 37.5 Å². The third-order valence-corrected chi connectivity index (χ3v) is 4.33. The van der Waals surface area contributed by atoms with Crippen LogP contribution in [0.25, 0.3) is 0 Å². The van der Waals surface area contributed by atoms with Crippen LogP contribution in [0.1, 0.15) is 32.1 Å². The molecule has 23 heavy (non-hydrogen) atoms. The van der Waals surface area contributed by atoms with E-state index in [1.165, 1.54) is 0 Å². The molecule has 7 heteroatoms. The molecule has 0 heterocycles. The molecular weight excluding hydrogens is 311 g/mol. The summed E-state index contributed by atoms with van der Waals surface area (Å²) in [4.78, 5) is 11.9. The van der Waals surface area contributed by atoms with Crippen LogP contribution in [0.3, 0.4) is 0 Å². The molecule has 1 aromatic rings. The minimum atomic E-state index is -3.01. The van der Waals surface area contributed by atoms with Gasteiger partial charge >= 0.3 is 6.61 Å². The zero-order chi connectivity index (χ0) is 16.4. The largest absolute Gasteiger partial charge is 0.486 e. The summed E-state index contributed by atoms with van der Waals surface area (Å²) in [5.74, 6) is -0.983. The predicted octanol–water partition coefficient (Wildman–Crippen LogP) is 3.25. The van der Waals surface area contributed by atoms with Crippen molar-refractivity contribution in [3.63, 3.8) is 0 Å². The molecule has 3 rings (SSSR count). The normalized spacial score (nSPS) is 23.8. The highest BCUT2D eigenvalue weighted by molar-refractivity contribution is 5.80. The Morgan fingerprint density at radius 1 is 1.22 bits per heavy atom. The van der Waals surface area contributed by atoms with Gasteiger partial charge in [0.05, 0.1) is 0 Å². The maximum atomic E-state index is 13.3. The van der Waals surface area contributed by atoms with Crippen LogP contribution in [-0.4, -0.2) is 24.7 Å². The van der Waals surface area contributed by atoms with Gasteiger partial charge in [0.2, 0.25) is 5.91 Å². The molecule has 4 nitrogen and oxygen atoms in total. The number of carbonyl (C=O) groups excluding carboxylic acids is 1. The Labute approximate surface area is 132 Å². The Morgan fingerprint density at radius 3 is 2.57 bits per heavy atom. The number of alkyl halides is 2. The third kappa shape index (κ3) is 3.89. The molecule has 0 bridgehead atoms. The van der Waals surface area contributed by atoms with Crippen molar-refractivity contribution in [3.05, 3.63) is 24.0 Å². The minimum absolute atomic E-state index is 0.0119. The van der Waals surface area contributed by atoms with E-state index in [1.54, 1.807) is 0 Å². The second-order valence-electron chi connectivity index (χ2n) is 6.01. The van der Waals surface area contributed by atoms with E-state index in [4.69, 9.17) is 4.74 Å². The summed E-state index contributed by atoms with van der Waals surface area (Å²) in [6, 6.07) is 3.44. The van der Waals surface area contributed by atoms with E-state index >= 15 is 0 Å². The van der Waals surface area contributed by atoms with Crippen LogP contribution in [-0.2, 0) is 4.79 Å². The molecule has 0 aromatic heterocycles. The molecule has 2 saturated carbocycles. The lowest BCUT2D eigenvalue weighted by molar-refractivity contribution is -0.132. The van der Waals surface area contributed by atoms with Gasteiger partial charge in [-0.3, -0.25) is 4.79 Å². The van der Waals surface area contributed by atoms with Gasteiger partial charge in [-0.1, -0.05) is 0 Å². The Balaban J connectivity index is 1.52. The minimum Gasteiger partial charge on any atom is -0.486 e. The number of ether oxygens (including phenoxy) is 2. The van der Waals surface area contributed by atoms with E-state index in [2.05, 4.69) is 10.1 Å². The number of amides is 1. The molecular formula is C16H18F3NO3. The predicted molar refractivity (Wildman–Crippen MR) is 76.0 cm³/mol. The summed E-state index contributed by atoms with van der Waals surface area (Å²) in [6.45, 7) is -3.01. The Hall–Kier alpha value is -1.92. The van der Waals surface area contributed by atoms with Crippen molar-refractivity contribution in [1.82, 2.24) is 5.32 Å². The summed E-state index contributed by atoms with van der Waals surface area (Å²) >= 11 is 0. The van der Waals surface area contributed by atoms with Gasteiger partial charge in [0.1, 0.15) is 11.9 Å². The Kier molecular flexibility index (Phi) is 4.63. The molecule has 126 valence electrons. The first-order valence-electron chi connectivity index (χ1n) is 7.72. The number of halogens is 3. The van der Waals surface area contributed by atoms with Crippen LogP contribution >= 0.6 is 0 Å². The summed E-state index contributed by atoms with van der Waals surface area (Å²) in [5.41, 5.74) is 0. The van der Waals surface area contributed by atoms with Crippen LogP contribution in [0.4, 0.5) is 13.2 Å². The topological polar surface area (TPSA) is 47.6 Å². The van der Waals surface area contributed by atoms with Crippen molar-refractivity contribution in [2.24, 2.45) is 5.92 Å². The van der Waals surface area contributed by atoms with Crippen molar-refractivity contribution in [2.75, 3.05) is 0 Å². The van der Waals surface area contributed by atoms with Gasteiger partial charge in [0.25, 0.3) is 0 Å². The van der Waals surface area contributed by atoms with Crippen molar-refractivity contribution < 1.29 is 27.4 Å². The molecule has 2 aliphatic rings. The zero-order valence-corrected chi connectivity index (χ0v) is 12.4. The maximum Gasteiger partial charge on any atom is 0.387 e. The molecule has 1 N–H and O–H groups in total. The molecule has 1 aromatic carbocycles. The van der Waals surface area contributed by atoms with Crippen molar-refractivity contribution in [3.8, 4) is 11.5 Å². The first-order chi connectivity index (χ1) is 11.0. The fourth-order valence-corrected chi connectivity index (χ4v) is 2.69. The van der Waals surface area contributed by atoms with Crippen LogP contribution in [0, 0.1) is 11.7 Å². The van der Waals surface area contributed by atoms with Crippen LogP contribution in [0.5, 0.6) is 11.5 Å². The van der Waals surface area contributed by atoms with Gasteiger partial charge in [-0.2, -0.15) is 8.78 Å². The fourth-order valence-electron chi connectivity index (χ4n) is 2.69. The molecule has 0 saturated heterocycles. The molecule has 0 spiro atoms. The van der Waals surface area contributed by atoms with Gasteiger partial charge in [-0.05, 0) is 44.2 Å². The van der Waals surface area contributed by atoms with Crippen LogP contribution in [0.2, 0.25) is 0 Å². The molecule has 2 aliphatic carbocycles. The SMILES string of the molecule is O=C(NC1CCC1)C1CC(Oc2cc(F)ccc2OC(F)F)C1. The highest BCUT2D eigenvalue weighted by Gasteiger charge is 2.37. The highest BCUT2D eigenvalue weighted by atomic mass is 19.3. The van der Waals surface area contributed by atoms with Crippen molar-refractivity contribution in [1.29, 1.82) is 0 Å². The van der Waals surface area contributed by atoms with Crippen LogP contribution < -0.4 is 14.8 Å². The molecule has 1 amide bonds. The molecule has 0 atom stereocenters. The lowest BCUT2D eigenvalue weighted by Crippen LogP contribution is -2.48. The maximum absolute atomic E-state index is 13.3. The average molecular weight is 329 g/mol. The third-order valence-electron chi connectivity index (χ3n) is 4.33. The van der Waals surface area contributed by atoms with Gasteiger partial charge in [0, 0.05) is 18.0 Å². The molecule has 2 fully saturated rings. The van der Waals surface area contributed by atoms with Gasteiger partial charge in [0.15, 0.2) is 11.5 Å². The van der Waals surface area contributed by atoms with Gasteiger partial charge in [-0.15, -0.1) is 0 Å². The Morgan fingerprint density at radius 2 is 1.96 bits per heavy atom. The summed E-state index contributed by atoms with van der Waals surface area (Å²) in [6.07, 6.45) is 3.88. The lowest BCUT2D eigenvalue weighted by Gasteiger charge is -2.36. The summed E-state index contributed by atoms with van der Waals surface area (Å²) in [5, 5.41) is 2.97. The van der Waals surface area contributed by atoms with Gasteiger partial charge in [-0.25, -0.2) is 4.39 Å². The number of rotatable bonds is 6. The molecule has 0 unspecified atom stereocenters. The monoisotopic (exact) mass is 329 g/mol. The van der Waals surface area contributed by atoms with Gasteiger partial charge < -0.3 is 14.8 Å². The first-order valence-corrected chi connectivity index (χ1v) is 7.72. The average Bonchev–Trinajstić information content (AvgIpc) is 2.39. The number of benzene rings is 1. The van der Waals surface area contributed by atoms with E-state index in [-0.39, 0.29) is 35.5 Å². The first kappa shape index (κ1) is 16.0. The molecule has 0 aliphatic heterocycles. The standard InChI is InChI=1S/C16H18F3NO3/c17-10-4-5-13(23-16(18)19)14(8-10)22-12-6-9(7-12)15(21)20-11-2-1-3-11/h4-5,8-9,11-12,16H,1-3,6-7H2,(H,20,21). The Bertz CT molecular complexity index is 572.